The largest absolute Gasteiger partial charge is 0.508 e. The maximum atomic E-state index is 10.5. The maximum Gasteiger partial charge on any atom is 0.119 e. The highest BCUT2D eigenvalue weighted by Gasteiger charge is 2.41. The van der Waals surface area contributed by atoms with Crippen molar-refractivity contribution in [3.63, 3.8) is 0 Å². The van der Waals surface area contributed by atoms with Gasteiger partial charge in [0, 0.05) is 11.0 Å². The molecule has 0 heterocycles. The summed E-state index contributed by atoms with van der Waals surface area (Å²) in [4.78, 5) is 2.22. The monoisotopic (exact) mass is 281 g/mol. The molecule has 0 unspecified atom stereocenters. The van der Waals surface area contributed by atoms with E-state index in [1.807, 2.05) is 12.1 Å². The fourth-order valence-corrected chi connectivity index (χ4v) is 3.68. The van der Waals surface area contributed by atoms with Crippen LogP contribution < -0.4 is 0 Å². The summed E-state index contributed by atoms with van der Waals surface area (Å²) in [6.45, 7) is 1.02. The Bertz CT molecular complexity index is 621. The van der Waals surface area contributed by atoms with Gasteiger partial charge in [-0.3, -0.25) is 0 Å². The van der Waals surface area contributed by atoms with Crippen molar-refractivity contribution in [2.45, 2.75) is 24.7 Å². The van der Waals surface area contributed by atoms with Gasteiger partial charge in [0.15, 0.2) is 0 Å². The van der Waals surface area contributed by atoms with Crippen molar-refractivity contribution in [3.05, 3.63) is 65.2 Å². The van der Waals surface area contributed by atoms with Gasteiger partial charge in [0.25, 0.3) is 0 Å². The zero-order valence-corrected chi connectivity index (χ0v) is 12.8. The zero-order valence-electron chi connectivity index (χ0n) is 12.8. The third-order valence-electron chi connectivity index (χ3n) is 4.74. The molecule has 0 amide bonds. The molecule has 21 heavy (non-hydrogen) atoms. The van der Waals surface area contributed by atoms with Crippen molar-refractivity contribution in [2.75, 3.05) is 20.6 Å². The summed E-state index contributed by atoms with van der Waals surface area (Å²) in [7, 11) is 4.22. The minimum atomic E-state index is -0.0494. The average molecular weight is 281 g/mol. The Hall–Kier alpha value is -1.80. The van der Waals surface area contributed by atoms with Crippen LogP contribution in [0.3, 0.4) is 0 Å². The summed E-state index contributed by atoms with van der Waals surface area (Å²) in [6, 6.07) is 16.6. The van der Waals surface area contributed by atoms with E-state index in [1.165, 1.54) is 11.1 Å². The van der Waals surface area contributed by atoms with Gasteiger partial charge >= 0.3 is 0 Å². The fraction of sp³-hybridized carbons (Fsp3) is 0.368. The van der Waals surface area contributed by atoms with Gasteiger partial charge in [-0.25, -0.2) is 0 Å². The third kappa shape index (κ3) is 2.44. The molecular formula is C19H23NO. The number of nitrogens with zero attached hydrogens (tertiary/aromatic N) is 1. The molecule has 1 N–H and O–H groups in total. The number of hydrogen-bond donors (Lipinski definition) is 1. The van der Waals surface area contributed by atoms with Crippen molar-refractivity contribution >= 4 is 0 Å². The number of benzene rings is 2. The van der Waals surface area contributed by atoms with E-state index in [1.54, 1.807) is 0 Å². The number of phenols is 1. The highest BCUT2D eigenvalue weighted by Crippen LogP contribution is 2.50. The van der Waals surface area contributed by atoms with Gasteiger partial charge in [-0.15, -0.1) is 0 Å². The lowest BCUT2D eigenvalue weighted by molar-refractivity contribution is 0.336. The zero-order chi connectivity index (χ0) is 14.9. The van der Waals surface area contributed by atoms with Crippen LogP contribution in [0.5, 0.6) is 5.75 Å². The molecule has 1 aliphatic rings. The number of aromatic hydroxyl groups is 1. The average Bonchev–Trinajstić information content (AvgIpc) is 2.88. The van der Waals surface area contributed by atoms with Crippen LogP contribution in [0, 0.1) is 0 Å². The molecule has 2 aromatic rings. The first-order chi connectivity index (χ1) is 10.1. The van der Waals surface area contributed by atoms with Crippen LogP contribution in [0.15, 0.2) is 48.5 Å². The number of hydrogen-bond acceptors (Lipinski definition) is 2. The Labute approximate surface area is 127 Å². The van der Waals surface area contributed by atoms with Gasteiger partial charge in [-0.05, 0) is 57.1 Å². The van der Waals surface area contributed by atoms with Crippen LogP contribution in [0.2, 0.25) is 0 Å². The summed E-state index contributed by atoms with van der Waals surface area (Å²) in [5.41, 5.74) is 3.73. The third-order valence-corrected chi connectivity index (χ3v) is 4.74. The SMILES string of the molecule is CN(C)CC[C@]1(c2ccccc2)CCc2cccc(O)c21. The molecule has 0 aliphatic heterocycles. The Kier molecular flexibility index (Phi) is 3.73. The van der Waals surface area contributed by atoms with Crippen LogP contribution in [-0.2, 0) is 11.8 Å². The minimum Gasteiger partial charge on any atom is -0.508 e. The molecule has 0 fully saturated rings. The number of aryl methyl sites for hydroxylation is 1. The molecule has 110 valence electrons. The molecular weight excluding hydrogens is 258 g/mol. The fourth-order valence-electron chi connectivity index (χ4n) is 3.68. The van der Waals surface area contributed by atoms with Gasteiger partial charge in [-0.2, -0.15) is 0 Å². The van der Waals surface area contributed by atoms with E-state index in [4.69, 9.17) is 0 Å². The lowest BCUT2D eigenvalue weighted by Gasteiger charge is -2.33. The first kappa shape index (κ1) is 14.2. The normalized spacial score (nSPS) is 20.7. The van der Waals surface area contributed by atoms with E-state index in [2.05, 4.69) is 55.4 Å². The Morgan fingerprint density at radius 2 is 1.81 bits per heavy atom. The molecule has 2 aromatic carbocycles. The highest BCUT2D eigenvalue weighted by molar-refractivity contribution is 5.54. The summed E-state index contributed by atoms with van der Waals surface area (Å²) < 4.78 is 0. The van der Waals surface area contributed by atoms with E-state index in [9.17, 15) is 5.11 Å². The molecule has 0 radical (unpaired) electrons. The number of phenolic OH excluding ortho intramolecular Hbond substituents is 1. The first-order valence-corrected chi connectivity index (χ1v) is 7.65. The molecule has 0 aromatic heterocycles. The van der Waals surface area contributed by atoms with E-state index in [0.717, 1.165) is 31.4 Å². The number of fused-ring (bicyclic) bond motifs is 1. The van der Waals surface area contributed by atoms with Gasteiger partial charge in [0.1, 0.15) is 5.75 Å². The van der Waals surface area contributed by atoms with Crippen LogP contribution >= 0.6 is 0 Å². The summed E-state index contributed by atoms with van der Waals surface area (Å²) in [5.74, 6) is 0.451. The lowest BCUT2D eigenvalue weighted by atomic mass is 9.72. The molecule has 0 spiro atoms. The molecule has 2 heteroatoms. The summed E-state index contributed by atoms with van der Waals surface area (Å²) in [6.07, 6.45) is 3.17. The molecule has 1 aliphatic carbocycles. The first-order valence-electron chi connectivity index (χ1n) is 7.65. The minimum absolute atomic E-state index is 0.0494. The maximum absolute atomic E-state index is 10.5. The Morgan fingerprint density at radius 3 is 2.52 bits per heavy atom. The van der Waals surface area contributed by atoms with E-state index in [-0.39, 0.29) is 5.41 Å². The van der Waals surface area contributed by atoms with E-state index >= 15 is 0 Å². The lowest BCUT2D eigenvalue weighted by Crippen LogP contribution is -2.30. The van der Waals surface area contributed by atoms with E-state index in [0.29, 0.717) is 5.75 Å². The molecule has 1 atom stereocenters. The second-order valence-corrected chi connectivity index (χ2v) is 6.31. The Morgan fingerprint density at radius 1 is 1.05 bits per heavy atom. The summed E-state index contributed by atoms with van der Waals surface area (Å²) in [5, 5.41) is 10.5. The smallest absolute Gasteiger partial charge is 0.119 e. The molecule has 0 saturated heterocycles. The van der Waals surface area contributed by atoms with Crippen LogP contribution in [-0.4, -0.2) is 30.6 Å². The van der Waals surface area contributed by atoms with Crippen molar-refractivity contribution in [3.8, 4) is 5.75 Å². The second kappa shape index (κ2) is 5.53. The molecule has 2 nitrogen and oxygen atoms in total. The van der Waals surface area contributed by atoms with Gasteiger partial charge < -0.3 is 10.0 Å². The van der Waals surface area contributed by atoms with Crippen LogP contribution in [0.4, 0.5) is 0 Å². The van der Waals surface area contributed by atoms with Gasteiger partial charge in [-0.1, -0.05) is 42.5 Å². The van der Waals surface area contributed by atoms with Crippen molar-refractivity contribution in [1.82, 2.24) is 4.90 Å². The summed E-state index contributed by atoms with van der Waals surface area (Å²) >= 11 is 0. The van der Waals surface area contributed by atoms with Crippen LogP contribution in [0.1, 0.15) is 29.5 Å². The van der Waals surface area contributed by atoms with Gasteiger partial charge in [0.2, 0.25) is 0 Å². The van der Waals surface area contributed by atoms with Crippen molar-refractivity contribution < 1.29 is 5.11 Å². The van der Waals surface area contributed by atoms with Crippen LogP contribution in [0.25, 0.3) is 0 Å². The Balaban J connectivity index is 2.12. The van der Waals surface area contributed by atoms with Crippen molar-refractivity contribution in [2.24, 2.45) is 0 Å². The highest BCUT2D eigenvalue weighted by atomic mass is 16.3. The number of rotatable bonds is 4. The molecule has 0 bridgehead atoms. The van der Waals surface area contributed by atoms with Crippen molar-refractivity contribution in [1.29, 1.82) is 0 Å². The molecule has 3 rings (SSSR count). The molecule has 0 saturated carbocycles. The predicted molar refractivity (Wildman–Crippen MR) is 86.8 cm³/mol. The predicted octanol–water partition coefficient (Wildman–Crippen LogP) is 3.58. The van der Waals surface area contributed by atoms with Gasteiger partial charge in [0.05, 0.1) is 0 Å². The topological polar surface area (TPSA) is 23.5 Å². The quantitative estimate of drug-likeness (QED) is 0.926. The second-order valence-electron chi connectivity index (χ2n) is 6.31. The standard InChI is InChI=1S/C19H23NO/c1-20(2)14-13-19(16-8-4-3-5-9-16)12-11-15-7-6-10-17(21)18(15)19/h3-10,21H,11-14H2,1-2H3/t19-/m0/s1. The van der Waals surface area contributed by atoms with E-state index < -0.39 is 0 Å².